The molecule has 1 aromatic heterocycles. The molecule has 0 aliphatic rings. The van der Waals surface area contributed by atoms with Crippen LogP contribution in [0.15, 0.2) is 30.5 Å². The third kappa shape index (κ3) is 7.83. The van der Waals surface area contributed by atoms with E-state index >= 15 is 0 Å². The Labute approximate surface area is 161 Å². The van der Waals surface area contributed by atoms with Crippen LogP contribution in [0.2, 0.25) is 5.02 Å². The number of thiazole rings is 1. The molecule has 2 aromatic rings. The minimum Gasteiger partial charge on any atom is -0.440 e. The monoisotopic (exact) mass is 421 g/mol. The van der Waals surface area contributed by atoms with Crippen LogP contribution in [0.3, 0.4) is 0 Å². The van der Waals surface area contributed by atoms with E-state index < -0.39 is 24.8 Å². The molecule has 27 heavy (non-hydrogen) atoms. The van der Waals surface area contributed by atoms with Crippen molar-refractivity contribution in [1.29, 1.82) is 0 Å². The lowest BCUT2D eigenvalue weighted by atomic mass is 10.1. The second-order valence-corrected chi connectivity index (χ2v) is 6.84. The SMILES string of the molecule is O=C(CCNC(=O)OCC(F)(F)F)Nc1ncc(Cc2ccccc2Cl)s1. The van der Waals surface area contributed by atoms with E-state index in [0.29, 0.717) is 16.6 Å². The Hall–Kier alpha value is -2.33. The molecule has 6 nitrogen and oxygen atoms in total. The van der Waals surface area contributed by atoms with Crippen LogP contribution in [0.5, 0.6) is 0 Å². The number of benzene rings is 1. The number of carbonyl (C=O) groups excluding carboxylic acids is 2. The first-order valence-corrected chi connectivity index (χ1v) is 8.88. The van der Waals surface area contributed by atoms with Gasteiger partial charge >= 0.3 is 12.3 Å². The average molecular weight is 422 g/mol. The molecule has 146 valence electrons. The molecular formula is C16H15ClF3N3O3S. The van der Waals surface area contributed by atoms with Crippen LogP contribution >= 0.6 is 22.9 Å². The van der Waals surface area contributed by atoms with E-state index in [9.17, 15) is 22.8 Å². The second kappa shape index (κ2) is 9.56. The molecule has 0 saturated heterocycles. The molecule has 2 N–H and O–H groups in total. The largest absolute Gasteiger partial charge is 0.440 e. The molecule has 0 aliphatic carbocycles. The standard InChI is InChI=1S/C16H15ClF3N3O3S/c17-12-4-2-1-3-10(12)7-11-8-22-14(27-11)23-13(24)5-6-21-15(25)26-9-16(18,19)20/h1-4,8H,5-7,9H2,(H,21,25)(H,22,23,24). The van der Waals surface area contributed by atoms with Crippen molar-refractivity contribution < 1.29 is 27.5 Å². The summed E-state index contributed by atoms with van der Waals surface area (Å²) in [6.07, 6.45) is -3.78. The van der Waals surface area contributed by atoms with Crippen LogP contribution in [0.25, 0.3) is 0 Å². The number of hydrogen-bond donors (Lipinski definition) is 2. The first-order valence-electron chi connectivity index (χ1n) is 7.68. The van der Waals surface area contributed by atoms with Crippen LogP contribution in [-0.2, 0) is 16.0 Å². The number of nitrogens with one attached hydrogen (secondary N) is 2. The van der Waals surface area contributed by atoms with Crippen molar-refractivity contribution in [2.24, 2.45) is 0 Å². The molecule has 0 saturated carbocycles. The molecule has 11 heteroatoms. The van der Waals surface area contributed by atoms with Crippen molar-refractivity contribution in [3.63, 3.8) is 0 Å². The molecule has 0 atom stereocenters. The van der Waals surface area contributed by atoms with E-state index in [1.165, 1.54) is 11.3 Å². The summed E-state index contributed by atoms with van der Waals surface area (Å²) < 4.78 is 39.6. The fourth-order valence-corrected chi connectivity index (χ4v) is 2.99. The van der Waals surface area contributed by atoms with Crippen molar-refractivity contribution in [3.05, 3.63) is 45.9 Å². The fraction of sp³-hybridized carbons (Fsp3) is 0.312. The maximum Gasteiger partial charge on any atom is 0.422 e. The van der Waals surface area contributed by atoms with Gasteiger partial charge in [-0.25, -0.2) is 9.78 Å². The molecular weight excluding hydrogens is 407 g/mol. The van der Waals surface area contributed by atoms with Crippen LogP contribution in [0, 0.1) is 0 Å². The van der Waals surface area contributed by atoms with Crippen molar-refractivity contribution in [2.75, 3.05) is 18.5 Å². The zero-order chi connectivity index (χ0) is 19.9. The van der Waals surface area contributed by atoms with Gasteiger partial charge in [0.1, 0.15) is 0 Å². The van der Waals surface area contributed by atoms with Crippen LogP contribution in [0.4, 0.5) is 23.1 Å². The molecule has 1 aromatic carbocycles. The summed E-state index contributed by atoms with van der Waals surface area (Å²) in [5.74, 6) is -0.440. The maximum absolute atomic E-state index is 11.9. The number of aromatic nitrogens is 1. The van der Waals surface area contributed by atoms with Gasteiger partial charge < -0.3 is 15.4 Å². The second-order valence-electron chi connectivity index (χ2n) is 5.32. The lowest BCUT2D eigenvalue weighted by Crippen LogP contribution is -2.31. The number of ether oxygens (including phenoxy) is 1. The summed E-state index contributed by atoms with van der Waals surface area (Å²) in [7, 11) is 0. The highest BCUT2D eigenvalue weighted by Crippen LogP contribution is 2.24. The normalized spacial score (nSPS) is 11.1. The molecule has 2 rings (SSSR count). The number of nitrogens with zero attached hydrogens (tertiary/aromatic N) is 1. The van der Waals surface area contributed by atoms with E-state index in [1.54, 1.807) is 12.3 Å². The maximum atomic E-state index is 11.9. The summed E-state index contributed by atoms with van der Waals surface area (Å²) in [4.78, 5) is 27.8. The zero-order valence-corrected chi connectivity index (χ0v) is 15.4. The highest BCUT2D eigenvalue weighted by molar-refractivity contribution is 7.15. The summed E-state index contributed by atoms with van der Waals surface area (Å²) >= 11 is 7.38. The molecule has 0 aliphatic heterocycles. The molecule has 0 fully saturated rings. The van der Waals surface area contributed by atoms with Gasteiger partial charge in [-0.3, -0.25) is 4.79 Å². The lowest BCUT2D eigenvalue weighted by Gasteiger charge is -2.08. The van der Waals surface area contributed by atoms with E-state index in [1.807, 2.05) is 18.2 Å². The number of carbonyl (C=O) groups is 2. The Balaban J connectivity index is 1.73. The molecule has 0 radical (unpaired) electrons. The number of rotatable bonds is 7. The van der Waals surface area contributed by atoms with Gasteiger partial charge in [-0.05, 0) is 11.6 Å². The highest BCUT2D eigenvalue weighted by Gasteiger charge is 2.29. The Morgan fingerprint density at radius 2 is 2.00 bits per heavy atom. The van der Waals surface area contributed by atoms with Crippen LogP contribution in [0.1, 0.15) is 16.9 Å². The molecule has 1 heterocycles. The Kier molecular flexibility index (Phi) is 7.43. The van der Waals surface area contributed by atoms with Crippen LogP contribution < -0.4 is 10.6 Å². The summed E-state index contributed by atoms with van der Waals surface area (Å²) in [5.41, 5.74) is 0.933. The van der Waals surface area contributed by atoms with Gasteiger partial charge in [0.15, 0.2) is 11.7 Å². The van der Waals surface area contributed by atoms with Crippen LogP contribution in [-0.4, -0.2) is 36.3 Å². The Morgan fingerprint density at radius 1 is 1.26 bits per heavy atom. The molecule has 0 unspecified atom stereocenters. The number of halogens is 4. The first kappa shape index (κ1) is 21.0. The van der Waals surface area contributed by atoms with Gasteiger partial charge in [-0.1, -0.05) is 29.8 Å². The number of hydrogen-bond acceptors (Lipinski definition) is 5. The van der Waals surface area contributed by atoms with Gasteiger partial charge in [0.2, 0.25) is 5.91 Å². The fourth-order valence-electron chi connectivity index (χ4n) is 1.93. The first-order chi connectivity index (χ1) is 12.7. The third-order valence-electron chi connectivity index (χ3n) is 3.11. The van der Waals surface area contributed by atoms with Gasteiger partial charge in [0.05, 0.1) is 0 Å². The number of alkyl carbamates (subject to hydrolysis) is 1. The minimum absolute atomic E-state index is 0.138. The third-order valence-corrected chi connectivity index (χ3v) is 4.39. The van der Waals surface area contributed by atoms with Crippen molar-refractivity contribution in [1.82, 2.24) is 10.3 Å². The number of amides is 2. The van der Waals surface area contributed by atoms with Gasteiger partial charge in [-0.2, -0.15) is 13.2 Å². The van der Waals surface area contributed by atoms with Crippen molar-refractivity contribution >= 4 is 40.1 Å². The van der Waals surface area contributed by atoms with Gasteiger partial charge in [0, 0.05) is 35.5 Å². The number of alkyl halides is 3. The minimum atomic E-state index is -4.60. The van der Waals surface area contributed by atoms with E-state index in [-0.39, 0.29) is 13.0 Å². The van der Waals surface area contributed by atoms with E-state index in [0.717, 1.165) is 10.4 Å². The predicted octanol–water partition coefficient (Wildman–Crippen LogP) is 4.00. The van der Waals surface area contributed by atoms with Gasteiger partial charge in [-0.15, -0.1) is 11.3 Å². The predicted molar refractivity (Wildman–Crippen MR) is 95.0 cm³/mol. The lowest BCUT2D eigenvalue weighted by molar-refractivity contribution is -0.160. The smallest absolute Gasteiger partial charge is 0.422 e. The summed E-state index contributed by atoms with van der Waals surface area (Å²) in [5, 5.41) is 5.63. The van der Waals surface area contributed by atoms with Gasteiger partial charge in [0.25, 0.3) is 0 Å². The summed E-state index contributed by atoms with van der Waals surface area (Å²) in [6, 6.07) is 7.38. The molecule has 2 amide bonds. The number of anilines is 1. The average Bonchev–Trinajstić information content (AvgIpc) is 3.01. The highest BCUT2D eigenvalue weighted by atomic mass is 35.5. The Bertz CT molecular complexity index is 798. The zero-order valence-electron chi connectivity index (χ0n) is 13.8. The Morgan fingerprint density at radius 3 is 2.70 bits per heavy atom. The topological polar surface area (TPSA) is 80.3 Å². The van der Waals surface area contributed by atoms with E-state index in [4.69, 9.17) is 11.6 Å². The van der Waals surface area contributed by atoms with Crippen molar-refractivity contribution in [2.45, 2.75) is 19.0 Å². The summed E-state index contributed by atoms with van der Waals surface area (Å²) in [6.45, 7) is -1.85. The molecule has 0 bridgehead atoms. The molecule has 0 spiro atoms. The quantitative estimate of drug-likeness (QED) is 0.708. The van der Waals surface area contributed by atoms with E-state index in [2.05, 4.69) is 20.4 Å². The van der Waals surface area contributed by atoms with Crippen molar-refractivity contribution in [3.8, 4) is 0 Å².